The highest BCUT2D eigenvalue weighted by atomic mass is 32.2. The minimum atomic E-state index is -3.76. The number of sulfonamides is 1. The molecule has 0 atom stereocenters. The van der Waals surface area contributed by atoms with Crippen LogP contribution in [-0.2, 0) is 10.0 Å². The molecule has 0 bridgehead atoms. The van der Waals surface area contributed by atoms with Crippen molar-refractivity contribution in [1.29, 1.82) is 0 Å². The standard InChI is InChI=1S/C31H23NO2S/c1-24-12-18-31(19-13-24)35(33,34)32-20-6-11-27-7-2-3-8-28(27)17-15-26(23-32)21-25-14-16-29-9-4-5-10-30(29)22-25/h2-5,7-10,12-14,16,18-19,21-22H,20,23H2,1H3/b26-21+. The Hall–Kier alpha value is -4.09. The summed E-state index contributed by atoms with van der Waals surface area (Å²) in [5.41, 5.74) is 4.30. The molecule has 1 heterocycles. The lowest BCUT2D eigenvalue weighted by molar-refractivity contribution is 0.474. The average molecular weight is 474 g/mol. The lowest BCUT2D eigenvalue weighted by Crippen LogP contribution is -2.33. The zero-order valence-electron chi connectivity index (χ0n) is 19.3. The molecular weight excluding hydrogens is 450 g/mol. The van der Waals surface area contributed by atoms with Crippen molar-refractivity contribution in [2.45, 2.75) is 11.8 Å². The fraction of sp³-hybridized carbons (Fsp3) is 0.0968. The van der Waals surface area contributed by atoms with Gasteiger partial charge in [-0.1, -0.05) is 89.9 Å². The van der Waals surface area contributed by atoms with Crippen LogP contribution in [0.15, 0.2) is 101 Å². The molecule has 0 fully saturated rings. The fourth-order valence-corrected chi connectivity index (χ4v) is 5.29. The van der Waals surface area contributed by atoms with Crippen molar-refractivity contribution >= 4 is 26.9 Å². The Morgan fingerprint density at radius 3 is 2.23 bits per heavy atom. The molecule has 0 radical (unpaired) electrons. The third-order valence-electron chi connectivity index (χ3n) is 5.88. The second-order valence-corrected chi connectivity index (χ2v) is 10.4. The number of hydrogen-bond donors (Lipinski definition) is 0. The van der Waals surface area contributed by atoms with Crippen LogP contribution in [0.2, 0.25) is 0 Å². The van der Waals surface area contributed by atoms with Gasteiger partial charge >= 0.3 is 0 Å². The van der Waals surface area contributed by atoms with Gasteiger partial charge in [0.1, 0.15) is 0 Å². The van der Waals surface area contributed by atoms with Crippen LogP contribution in [0.3, 0.4) is 0 Å². The molecule has 4 aromatic rings. The Kier molecular flexibility index (Phi) is 6.25. The second kappa shape index (κ2) is 9.65. The number of nitrogens with zero attached hydrogens (tertiary/aromatic N) is 1. The number of fused-ring (bicyclic) bond motifs is 2. The molecule has 4 heteroatoms. The molecule has 1 aliphatic heterocycles. The van der Waals surface area contributed by atoms with E-state index in [9.17, 15) is 8.42 Å². The maximum atomic E-state index is 13.6. The van der Waals surface area contributed by atoms with Crippen LogP contribution < -0.4 is 0 Å². The number of benzene rings is 4. The number of aryl methyl sites for hydroxylation is 1. The van der Waals surface area contributed by atoms with Crippen molar-refractivity contribution in [2.24, 2.45) is 0 Å². The minimum Gasteiger partial charge on any atom is -0.207 e. The van der Waals surface area contributed by atoms with E-state index in [1.54, 1.807) is 12.1 Å². The van der Waals surface area contributed by atoms with Gasteiger partial charge in [-0.15, -0.1) is 0 Å². The molecule has 3 nitrogen and oxygen atoms in total. The van der Waals surface area contributed by atoms with E-state index < -0.39 is 10.0 Å². The summed E-state index contributed by atoms with van der Waals surface area (Å²) in [7, 11) is -3.76. The third-order valence-corrected chi connectivity index (χ3v) is 7.69. The van der Waals surface area contributed by atoms with Gasteiger partial charge in [-0.05, 0) is 59.7 Å². The first-order valence-electron chi connectivity index (χ1n) is 11.4. The van der Waals surface area contributed by atoms with Crippen molar-refractivity contribution in [3.8, 4) is 23.7 Å². The van der Waals surface area contributed by atoms with Gasteiger partial charge in [-0.3, -0.25) is 0 Å². The summed E-state index contributed by atoms with van der Waals surface area (Å²) in [4.78, 5) is 0.250. The van der Waals surface area contributed by atoms with E-state index in [0.29, 0.717) is 5.57 Å². The number of hydrogen-bond acceptors (Lipinski definition) is 2. The predicted molar refractivity (Wildman–Crippen MR) is 142 cm³/mol. The smallest absolute Gasteiger partial charge is 0.207 e. The van der Waals surface area contributed by atoms with Gasteiger partial charge in [-0.25, -0.2) is 8.42 Å². The van der Waals surface area contributed by atoms with E-state index in [1.165, 1.54) is 4.31 Å². The first-order valence-corrected chi connectivity index (χ1v) is 12.8. The highest BCUT2D eigenvalue weighted by Crippen LogP contribution is 2.21. The minimum absolute atomic E-state index is 0.0707. The summed E-state index contributed by atoms with van der Waals surface area (Å²) in [6.45, 7) is 2.14. The van der Waals surface area contributed by atoms with Gasteiger partial charge in [-0.2, -0.15) is 4.31 Å². The summed E-state index contributed by atoms with van der Waals surface area (Å²) in [5, 5.41) is 2.27. The van der Waals surface area contributed by atoms with Gasteiger partial charge in [0.05, 0.1) is 11.4 Å². The van der Waals surface area contributed by atoms with Gasteiger partial charge in [0.25, 0.3) is 0 Å². The number of rotatable bonds is 3. The molecule has 0 unspecified atom stereocenters. The van der Waals surface area contributed by atoms with E-state index in [2.05, 4.69) is 47.9 Å². The van der Waals surface area contributed by atoms with E-state index in [1.807, 2.05) is 67.6 Å². The van der Waals surface area contributed by atoms with E-state index in [0.717, 1.165) is 33.0 Å². The van der Waals surface area contributed by atoms with Gasteiger partial charge in [0, 0.05) is 23.2 Å². The quantitative estimate of drug-likeness (QED) is 0.361. The predicted octanol–water partition coefficient (Wildman–Crippen LogP) is 5.64. The Bertz CT molecular complexity index is 1680. The summed E-state index contributed by atoms with van der Waals surface area (Å²) in [5.74, 6) is 12.6. The van der Waals surface area contributed by atoms with Gasteiger partial charge in [0.2, 0.25) is 10.0 Å². The first kappa shape index (κ1) is 22.7. The summed E-state index contributed by atoms with van der Waals surface area (Å²) in [6.07, 6.45) is 1.97. The topological polar surface area (TPSA) is 37.4 Å². The lowest BCUT2D eigenvalue weighted by atomic mass is 10.0. The molecule has 0 saturated heterocycles. The zero-order valence-corrected chi connectivity index (χ0v) is 20.1. The van der Waals surface area contributed by atoms with Crippen LogP contribution in [0.4, 0.5) is 0 Å². The molecule has 4 aromatic carbocycles. The molecule has 170 valence electrons. The van der Waals surface area contributed by atoms with Gasteiger partial charge < -0.3 is 0 Å². The monoisotopic (exact) mass is 473 g/mol. The Labute approximate surface area is 206 Å². The zero-order chi connectivity index (χ0) is 24.3. The van der Waals surface area contributed by atoms with Crippen molar-refractivity contribution < 1.29 is 8.42 Å². The van der Waals surface area contributed by atoms with E-state index in [-0.39, 0.29) is 18.0 Å². The van der Waals surface area contributed by atoms with E-state index >= 15 is 0 Å². The molecule has 1 aliphatic rings. The van der Waals surface area contributed by atoms with Crippen LogP contribution in [0.25, 0.3) is 16.8 Å². The van der Waals surface area contributed by atoms with Crippen molar-refractivity contribution in [2.75, 3.05) is 13.1 Å². The Morgan fingerprint density at radius 1 is 0.771 bits per heavy atom. The molecule has 0 spiro atoms. The van der Waals surface area contributed by atoms with Crippen molar-refractivity contribution in [3.63, 3.8) is 0 Å². The van der Waals surface area contributed by atoms with Gasteiger partial charge in [0.15, 0.2) is 0 Å². The maximum Gasteiger partial charge on any atom is 0.244 e. The maximum absolute atomic E-state index is 13.6. The van der Waals surface area contributed by atoms with Crippen molar-refractivity contribution in [1.82, 2.24) is 4.31 Å². The van der Waals surface area contributed by atoms with Crippen LogP contribution >= 0.6 is 0 Å². The van der Waals surface area contributed by atoms with Crippen LogP contribution in [0, 0.1) is 30.6 Å². The largest absolute Gasteiger partial charge is 0.244 e. The highest BCUT2D eigenvalue weighted by molar-refractivity contribution is 7.89. The Balaban J connectivity index is 1.61. The highest BCUT2D eigenvalue weighted by Gasteiger charge is 2.24. The summed E-state index contributed by atoms with van der Waals surface area (Å²) >= 11 is 0. The summed E-state index contributed by atoms with van der Waals surface area (Å²) in [6, 6.07) is 28.9. The van der Waals surface area contributed by atoms with Crippen LogP contribution in [0.5, 0.6) is 0 Å². The normalized spacial score (nSPS) is 14.9. The molecule has 0 saturated carbocycles. The Morgan fingerprint density at radius 2 is 1.46 bits per heavy atom. The SMILES string of the molecule is Cc1ccc(S(=O)(=O)N2CC#Cc3ccccc3C#C/C(=C\c3ccc4ccccc4c3)C2)cc1. The molecule has 0 aliphatic carbocycles. The molecule has 35 heavy (non-hydrogen) atoms. The second-order valence-electron chi connectivity index (χ2n) is 8.46. The molecule has 0 aromatic heterocycles. The molecular formula is C31H23NO2S. The van der Waals surface area contributed by atoms with Crippen LogP contribution in [0.1, 0.15) is 22.3 Å². The molecule has 0 N–H and O–H groups in total. The fourth-order valence-electron chi connectivity index (χ4n) is 3.97. The third kappa shape index (κ3) is 5.05. The van der Waals surface area contributed by atoms with Crippen LogP contribution in [-0.4, -0.2) is 25.8 Å². The molecule has 5 rings (SSSR count). The lowest BCUT2D eigenvalue weighted by Gasteiger charge is -2.20. The first-order chi connectivity index (χ1) is 17.0. The molecule has 0 amide bonds. The van der Waals surface area contributed by atoms with E-state index in [4.69, 9.17) is 0 Å². The summed E-state index contributed by atoms with van der Waals surface area (Å²) < 4.78 is 28.5. The van der Waals surface area contributed by atoms with Crippen molar-refractivity contribution in [3.05, 3.63) is 119 Å². The average Bonchev–Trinajstić information content (AvgIpc) is 2.87.